The molecule has 8 heteroatoms. The molecule has 7 nitrogen and oxygen atoms in total. The van der Waals surface area contributed by atoms with E-state index in [1.807, 2.05) is 38.1 Å². The highest BCUT2D eigenvalue weighted by atomic mass is 32.1. The van der Waals surface area contributed by atoms with Crippen LogP contribution in [0.25, 0.3) is 10.6 Å². The number of hydrogen-bond acceptors (Lipinski definition) is 6. The van der Waals surface area contributed by atoms with Gasteiger partial charge < -0.3 is 19.9 Å². The highest BCUT2D eigenvalue weighted by Gasteiger charge is 2.30. The molecule has 27 heavy (non-hydrogen) atoms. The molecule has 0 aliphatic rings. The second-order valence-corrected chi connectivity index (χ2v) is 7.61. The van der Waals surface area contributed by atoms with Crippen molar-refractivity contribution in [3.8, 4) is 16.3 Å². The van der Waals surface area contributed by atoms with E-state index in [0.717, 1.165) is 11.3 Å². The normalized spacial score (nSPS) is 13.2. The lowest BCUT2D eigenvalue weighted by molar-refractivity contribution is -0.139. The third kappa shape index (κ3) is 6.04. The first-order chi connectivity index (χ1) is 12.7. The number of ether oxygens (including phenoxy) is 2. The number of amides is 1. The molecule has 2 aromatic rings. The van der Waals surface area contributed by atoms with E-state index in [4.69, 9.17) is 14.6 Å². The molecule has 0 spiro atoms. The van der Waals surface area contributed by atoms with E-state index in [1.165, 1.54) is 18.4 Å². The van der Waals surface area contributed by atoms with Gasteiger partial charge in [-0.1, -0.05) is 0 Å². The Bertz CT molecular complexity index is 788. The fourth-order valence-corrected chi connectivity index (χ4v) is 3.39. The first kappa shape index (κ1) is 20.9. The second kappa shape index (κ2) is 8.96. The molecule has 146 valence electrons. The first-order valence-corrected chi connectivity index (χ1v) is 9.36. The van der Waals surface area contributed by atoms with Gasteiger partial charge in [-0.05, 0) is 45.0 Å². The van der Waals surface area contributed by atoms with Crippen LogP contribution in [-0.4, -0.2) is 47.3 Å². The number of thiazole rings is 1. The SMILES string of the molecule is COCC(C)(CC(=O)O)NC(=O)c1csc(-c2ccc(OC(C)C)cc2)n1. The third-order valence-electron chi connectivity index (χ3n) is 3.63. The summed E-state index contributed by atoms with van der Waals surface area (Å²) in [5, 5.41) is 14.1. The molecular formula is C19H24N2O5S. The standard InChI is InChI=1S/C19H24N2O5S/c1-12(2)26-14-7-5-13(6-8-14)18-20-15(10-27-18)17(24)21-19(3,11-25-4)9-16(22)23/h5-8,10,12H,9,11H2,1-4H3,(H,21,24)(H,22,23). The Morgan fingerprint density at radius 2 is 1.96 bits per heavy atom. The van der Waals surface area contributed by atoms with Crippen LogP contribution in [0.3, 0.4) is 0 Å². The van der Waals surface area contributed by atoms with Gasteiger partial charge in [0.05, 0.1) is 24.7 Å². The van der Waals surface area contributed by atoms with Crippen LogP contribution in [0, 0.1) is 0 Å². The highest BCUT2D eigenvalue weighted by Crippen LogP contribution is 2.26. The van der Waals surface area contributed by atoms with Crippen molar-refractivity contribution in [1.82, 2.24) is 10.3 Å². The van der Waals surface area contributed by atoms with Crippen LogP contribution in [-0.2, 0) is 9.53 Å². The lowest BCUT2D eigenvalue weighted by atomic mass is 9.99. The summed E-state index contributed by atoms with van der Waals surface area (Å²) in [6, 6.07) is 7.49. The van der Waals surface area contributed by atoms with E-state index >= 15 is 0 Å². The van der Waals surface area contributed by atoms with Crippen molar-refractivity contribution in [1.29, 1.82) is 0 Å². The predicted molar refractivity (Wildman–Crippen MR) is 103 cm³/mol. The Morgan fingerprint density at radius 3 is 2.52 bits per heavy atom. The molecular weight excluding hydrogens is 368 g/mol. The molecule has 0 bridgehead atoms. The number of benzene rings is 1. The fourth-order valence-electron chi connectivity index (χ4n) is 2.58. The number of carbonyl (C=O) groups is 2. The van der Waals surface area contributed by atoms with Crippen LogP contribution in [0.15, 0.2) is 29.6 Å². The van der Waals surface area contributed by atoms with Crippen molar-refractivity contribution in [3.05, 3.63) is 35.3 Å². The maximum Gasteiger partial charge on any atom is 0.305 e. The number of carboxylic acids is 1. The number of nitrogens with one attached hydrogen (secondary N) is 1. The topological polar surface area (TPSA) is 97.8 Å². The number of carbonyl (C=O) groups excluding carboxylic acids is 1. The molecule has 1 atom stereocenters. The molecule has 2 rings (SSSR count). The molecule has 1 aromatic carbocycles. The molecule has 1 unspecified atom stereocenters. The molecule has 0 fully saturated rings. The number of aromatic nitrogens is 1. The smallest absolute Gasteiger partial charge is 0.305 e. The van der Waals surface area contributed by atoms with Crippen LogP contribution in [0.2, 0.25) is 0 Å². The van der Waals surface area contributed by atoms with E-state index in [2.05, 4.69) is 10.3 Å². The summed E-state index contributed by atoms with van der Waals surface area (Å²) < 4.78 is 10.7. The van der Waals surface area contributed by atoms with Crippen molar-refractivity contribution < 1.29 is 24.2 Å². The predicted octanol–water partition coefficient (Wildman–Crippen LogP) is 3.21. The summed E-state index contributed by atoms with van der Waals surface area (Å²) in [5.41, 5.74) is 0.0997. The fraction of sp³-hybridized carbons (Fsp3) is 0.421. The average molecular weight is 392 g/mol. The van der Waals surface area contributed by atoms with E-state index in [0.29, 0.717) is 5.01 Å². The van der Waals surface area contributed by atoms with Gasteiger partial charge in [-0.2, -0.15) is 0 Å². The quantitative estimate of drug-likeness (QED) is 0.680. The molecule has 0 saturated heterocycles. The molecule has 0 saturated carbocycles. The van der Waals surface area contributed by atoms with Crippen LogP contribution in [0.4, 0.5) is 0 Å². The molecule has 2 N–H and O–H groups in total. The van der Waals surface area contributed by atoms with Gasteiger partial charge in [0.1, 0.15) is 16.5 Å². The molecule has 0 aliphatic carbocycles. The summed E-state index contributed by atoms with van der Waals surface area (Å²) in [6.07, 6.45) is -0.154. The summed E-state index contributed by atoms with van der Waals surface area (Å²) in [5.74, 6) is -0.678. The molecule has 0 radical (unpaired) electrons. The number of hydrogen-bond donors (Lipinski definition) is 2. The van der Waals surface area contributed by atoms with Gasteiger partial charge >= 0.3 is 5.97 Å². The Morgan fingerprint density at radius 1 is 1.30 bits per heavy atom. The highest BCUT2D eigenvalue weighted by molar-refractivity contribution is 7.13. The van der Waals surface area contributed by atoms with Gasteiger partial charge in [0.25, 0.3) is 5.91 Å². The molecule has 1 aromatic heterocycles. The van der Waals surface area contributed by atoms with Crippen molar-refractivity contribution in [2.45, 2.75) is 38.8 Å². The van der Waals surface area contributed by atoms with Crippen molar-refractivity contribution in [2.24, 2.45) is 0 Å². The minimum absolute atomic E-state index is 0.0827. The summed E-state index contributed by atoms with van der Waals surface area (Å²) in [7, 11) is 1.46. The van der Waals surface area contributed by atoms with Crippen LogP contribution in [0.1, 0.15) is 37.7 Å². The average Bonchev–Trinajstić information content (AvgIpc) is 3.04. The number of methoxy groups -OCH3 is 1. The lowest BCUT2D eigenvalue weighted by Gasteiger charge is -2.28. The molecule has 0 aliphatic heterocycles. The summed E-state index contributed by atoms with van der Waals surface area (Å²) >= 11 is 1.34. The van der Waals surface area contributed by atoms with Gasteiger partial charge in [-0.3, -0.25) is 9.59 Å². The monoisotopic (exact) mass is 392 g/mol. The van der Waals surface area contributed by atoms with Gasteiger partial charge in [0.2, 0.25) is 0 Å². The lowest BCUT2D eigenvalue weighted by Crippen LogP contribution is -2.50. The number of carboxylic acid groups (broad SMARTS) is 1. The van der Waals surface area contributed by atoms with Crippen molar-refractivity contribution in [2.75, 3.05) is 13.7 Å². The zero-order chi connectivity index (χ0) is 20.0. The zero-order valence-electron chi connectivity index (χ0n) is 15.8. The maximum absolute atomic E-state index is 12.5. The van der Waals surface area contributed by atoms with E-state index in [9.17, 15) is 9.59 Å². The van der Waals surface area contributed by atoms with Crippen molar-refractivity contribution in [3.63, 3.8) is 0 Å². The van der Waals surface area contributed by atoms with E-state index in [-0.39, 0.29) is 24.8 Å². The number of rotatable bonds is 9. The van der Waals surface area contributed by atoms with Gasteiger partial charge in [-0.15, -0.1) is 11.3 Å². The second-order valence-electron chi connectivity index (χ2n) is 6.75. The Balaban J connectivity index is 2.11. The zero-order valence-corrected chi connectivity index (χ0v) is 16.6. The Labute approximate surface area is 162 Å². The van der Waals surface area contributed by atoms with E-state index < -0.39 is 17.4 Å². The summed E-state index contributed by atoms with van der Waals surface area (Å²) in [6.45, 7) is 5.63. The third-order valence-corrected chi connectivity index (χ3v) is 4.52. The van der Waals surface area contributed by atoms with Gasteiger partial charge in [0.15, 0.2) is 0 Å². The molecule has 1 heterocycles. The first-order valence-electron chi connectivity index (χ1n) is 8.48. The van der Waals surface area contributed by atoms with E-state index in [1.54, 1.807) is 12.3 Å². The van der Waals surface area contributed by atoms with Crippen LogP contribution >= 0.6 is 11.3 Å². The Kier molecular flexibility index (Phi) is 6.92. The largest absolute Gasteiger partial charge is 0.491 e. The maximum atomic E-state index is 12.5. The number of nitrogens with zero attached hydrogens (tertiary/aromatic N) is 1. The molecule has 1 amide bonds. The minimum Gasteiger partial charge on any atom is -0.491 e. The number of aliphatic carboxylic acids is 1. The van der Waals surface area contributed by atoms with Gasteiger partial charge in [-0.25, -0.2) is 4.98 Å². The van der Waals surface area contributed by atoms with Crippen LogP contribution < -0.4 is 10.1 Å². The Hall–Kier alpha value is -2.45. The summed E-state index contributed by atoms with van der Waals surface area (Å²) in [4.78, 5) is 27.9. The van der Waals surface area contributed by atoms with Gasteiger partial charge in [0, 0.05) is 18.1 Å². The minimum atomic E-state index is -1.02. The van der Waals surface area contributed by atoms with Crippen LogP contribution in [0.5, 0.6) is 5.75 Å². The van der Waals surface area contributed by atoms with Crippen molar-refractivity contribution >= 4 is 23.2 Å².